The zero-order chi connectivity index (χ0) is 7.40. The van der Waals surface area contributed by atoms with Crippen LogP contribution in [0.5, 0.6) is 0 Å². The van der Waals surface area contributed by atoms with Crippen LogP contribution in [-0.4, -0.2) is 26.3 Å². The van der Waals surface area contributed by atoms with Gasteiger partial charge in [-0.25, -0.2) is 0 Å². The normalized spacial score (nSPS) is 20.6. The Bertz CT molecular complexity index is 121. The van der Waals surface area contributed by atoms with Crippen molar-refractivity contribution in [1.82, 2.24) is 0 Å². The average molecular weight is 142 g/mol. The van der Waals surface area contributed by atoms with E-state index in [0.717, 1.165) is 26.3 Å². The van der Waals surface area contributed by atoms with E-state index in [1.54, 1.807) is 4.90 Å². The Kier molecular flexibility index (Phi) is 2.90. The Morgan fingerprint density at radius 3 is 2.40 bits per heavy atom. The van der Waals surface area contributed by atoms with Crippen LogP contribution < -0.4 is 4.90 Å². The molecule has 1 rings (SSSR count). The van der Waals surface area contributed by atoms with Crippen molar-refractivity contribution in [2.45, 2.75) is 13.8 Å². The highest BCUT2D eigenvalue weighted by molar-refractivity contribution is 4.85. The minimum absolute atomic E-state index is 0.916. The minimum Gasteiger partial charge on any atom is -0.370 e. The van der Waals surface area contributed by atoms with Crippen molar-refractivity contribution in [3.63, 3.8) is 0 Å². The van der Waals surface area contributed by atoms with Gasteiger partial charge in [0, 0.05) is 0 Å². The van der Waals surface area contributed by atoms with Crippen LogP contribution in [0.1, 0.15) is 13.8 Å². The number of ether oxygens (including phenoxy) is 1. The van der Waals surface area contributed by atoms with Gasteiger partial charge in [-0.2, -0.15) is 0 Å². The molecule has 0 atom stereocenters. The molecule has 58 valence electrons. The summed E-state index contributed by atoms with van der Waals surface area (Å²) in [6, 6.07) is 0. The lowest BCUT2D eigenvalue weighted by Gasteiger charge is -2.20. The number of hydrogen-bond donors (Lipinski definition) is 1. The van der Waals surface area contributed by atoms with Crippen molar-refractivity contribution in [2.75, 3.05) is 26.3 Å². The second-order valence-electron chi connectivity index (χ2n) is 2.99. The maximum Gasteiger partial charge on any atom is 0.105 e. The summed E-state index contributed by atoms with van der Waals surface area (Å²) in [7, 11) is 0. The van der Waals surface area contributed by atoms with Crippen molar-refractivity contribution in [1.29, 1.82) is 0 Å². The van der Waals surface area contributed by atoms with Crippen LogP contribution in [0.2, 0.25) is 0 Å². The number of morpholine rings is 1. The standard InChI is InChI=1S/C8H15NO/c1-8(2)7-9-3-5-10-6-4-9/h7H,3-6H2,1-2H3/p+1. The van der Waals surface area contributed by atoms with Crippen LogP contribution in [0.15, 0.2) is 11.8 Å². The van der Waals surface area contributed by atoms with E-state index in [0.29, 0.717) is 0 Å². The fourth-order valence-corrected chi connectivity index (χ4v) is 1.19. The third kappa shape index (κ3) is 2.50. The molecule has 0 saturated carbocycles. The largest absolute Gasteiger partial charge is 0.370 e. The first-order valence-electron chi connectivity index (χ1n) is 3.86. The van der Waals surface area contributed by atoms with Crippen LogP contribution in [0, 0.1) is 0 Å². The molecule has 2 nitrogen and oxygen atoms in total. The lowest BCUT2D eigenvalue weighted by Crippen LogP contribution is -3.09. The summed E-state index contributed by atoms with van der Waals surface area (Å²) < 4.78 is 5.23. The molecule has 0 amide bonds. The fraction of sp³-hybridized carbons (Fsp3) is 0.750. The Hall–Kier alpha value is -0.340. The molecule has 0 radical (unpaired) electrons. The van der Waals surface area contributed by atoms with Gasteiger partial charge in [-0.15, -0.1) is 0 Å². The number of quaternary nitrogens is 1. The first-order valence-corrected chi connectivity index (χ1v) is 3.86. The van der Waals surface area contributed by atoms with Crippen LogP contribution in [0.4, 0.5) is 0 Å². The molecule has 1 N–H and O–H groups in total. The van der Waals surface area contributed by atoms with Gasteiger partial charge < -0.3 is 9.64 Å². The van der Waals surface area contributed by atoms with Gasteiger partial charge in [-0.05, 0) is 19.4 Å². The molecule has 1 heterocycles. The molecule has 0 bridgehead atoms. The van der Waals surface area contributed by atoms with Crippen molar-refractivity contribution in [2.24, 2.45) is 0 Å². The second-order valence-corrected chi connectivity index (χ2v) is 2.99. The van der Waals surface area contributed by atoms with Gasteiger partial charge >= 0.3 is 0 Å². The van der Waals surface area contributed by atoms with E-state index in [1.165, 1.54) is 5.57 Å². The highest BCUT2D eigenvalue weighted by Crippen LogP contribution is 1.82. The number of hydrogen-bond acceptors (Lipinski definition) is 1. The summed E-state index contributed by atoms with van der Waals surface area (Å²) in [6.45, 7) is 8.37. The van der Waals surface area contributed by atoms with Crippen LogP contribution in [0.25, 0.3) is 0 Å². The summed E-state index contributed by atoms with van der Waals surface area (Å²) in [5.74, 6) is 0. The highest BCUT2D eigenvalue weighted by atomic mass is 16.5. The maximum absolute atomic E-state index is 5.23. The summed E-state index contributed by atoms with van der Waals surface area (Å²) >= 11 is 0. The van der Waals surface area contributed by atoms with Gasteiger partial charge in [0.1, 0.15) is 13.1 Å². The van der Waals surface area contributed by atoms with Gasteiger partial charge in [0.25, 0.3) is 0 Å². The van der Waals surface area contributed by atoms with Crippen molar-refractivity contribution in [3.8, 4) is 0 Å². The van der Waals surface area contributed by atoms with Crippen molar-refractivity contribution in [3.05, 3.63) is 11.8 Å². The van der Waals surface area contributed by atoms with E-state index in [9.17, 15) is 0 Å². The third-order valence-electron chi connectivity index (χ3n) is 1.63. The molecule has 10 heavy (non-hydrogen) atoms. The van der Waals surface area contributed by atoms with Crippen LogP contribution in [-0.2, 0) is 4.74 Å². The third-order valence-corrected chi connectivity index (χ3v) is 1.63. The van der Waals surface area contributed by atoms with E-state index in [1.807, 2.05) is 0 Å². The maximum atomic E-state index is 5.23. The summed E-state index contributed by atoms with van der Waals surface area (Å²) in [6.07, 6.45) is 2.28. The van der Waals surface area contributed by atoms with Gasteiger partial charge in [0.2, 0.25) is 0 Å². The van der Waals surface area contributed by atoms with Gasteiger partial charge in [-0.3, -0.25) is 0 Å². The van der Waals surface area contributed by atoms with E-state index < -0.39 is 0 Å². The molecular formula is C8H16NO+. The Balaban J connectivity index is 2.33. The minimum atomic E-state index is 0.916. The Labute approximate surface area is 62.5 Å². The lowest BCUT2D eigenvalue weighted by atomic mass is 10.3. The molecule has 1 aliphatic heterocycles. The molecule has 0 aromatic carbocycles. The summed E-state index contributed by atoms with van der Waals surface area (Å²) in [5, 5.41) is 0. The first kappa shape index (κ1) is 7.76. The molecule has 0 spiro atoms. The van der Waals surface area contributed by atoms with Gasteiger partial charge in [-0.1, -0.05) is 0 Å². The average Bonchev–Trinajstić information content (AvgIpc) is 1.88. The second kappa shape index (κ2) is 3.74. The number of rotatable bonds is 1. The zero-order valence-corrected chi connectivity index (χ0v) is 6.81. The molecule has 2 heteroatoms. The zero-order valence-electron chi connectivity index (χ0n) is 6.81. The van der Waals surface area contributed by atoms with Gasteiger partial charge in [0.05, 0.1) is 19.4 Å². The van der Waals surface area contributed by atoms with Crippen LogP contribution >= 0.6 is 0 Å². The smallest absolute Gasteiger partial charge is 0.105 e. The molecule has 1 aliphatic rings. The van der Waals surface area contributed by atoms with E-state index in [2.05, 4.69) is 20.0 Å². The summed E-state index contributed by atoms with van der Waals surface area (Å²) in [4.78, 5) is 1.55. The summed E-state index contributed by atoms with van der Waals surface area (Å²) in [5.41, 5.74) is 1.40. The molecular weight excluding hydrogens is 126 g/mol. The molecule has 0 aromatic rings. The fourth-order valence-electron chi connectivity index (χ4n) is 1.19. The molecule has 1 saturated heterocycles. The molecule has 0 unspecified atom stereocenters. The first-order chi connectivity index (χ1) is 4.79. The monoisotopic (exact) mass is 142 g/mol. The van der Waals surface area contributed by atoms with Crippen molar-refractivity contribution < 1.29 is 9.64 Å². The quantitative estimate of drug-likeness (QED) is 0.536. The number of allylic oxidation sites excluding steroid dienone is 1. The van der Waals surface area contributed by atoms with Gasteiger partial charge in [0.15, 0.2) is 0 Å². The highest BCUT2D eigenvalue weighted by Gasteiger charge is 2.10. The molecule has 1 fully saturated rings. The number of nitrogens with one attached hydrogen (secondary N) is 1. The van der Waals surface area contributed by atoms with Crippen molar-refractivity contribution >= 4 is 0 Å². The lowest BCUT2D eigenvalue weighted by molar-refractivity contribution is -0.856. The predicted octanol–water partition coefficient (Wildman–Crippen LogP) is -0.175. The topological polar surface area (TPSA) is 13.7 Å². The van der Waals surface area contributed by atoms with E-state index >= 15 is 0 Å². The van der Waals surface area contributed by atoms with Crippen LogP contribution in [0.3, 0.4) is 0 Å². The Morgan fingerprint density at radius 2 is 1.90 bits per heavy atom. The molecule has 0 aliphatic carbocycles. The molecule has 0 aromatic heterocycles. The predicted molar refractivity (Wildman–Crippen MR) is 40.9 cm³/mol. The van der Waals surface area contributed by atoms with E-state index in [-0.39, 0.29) is 0 Å². The SMILES string of the molecule is CC(C)=C[NH+]1CCOCC1. The van der Waals surface area contributed by atoms with E-state index in [4.69, 9.17) is 4.74 Å². The Morgan fingerprint density at radius 1 is 1.30 bits per heavy atom.